The molecule has 46 heavy (non-hydrogen) atoms. The number of halogens is 1. The number of pyridine rings is 1. The molecule has 6 rings (SSSR count). The number of nitrogens with one attached hydrogen (secondary N) is 3. The quantitative estimate of drug-likeness (QED) is 0.214. The zero-order valence-corrected chi connectivity index (χ0v) is 25.6. The topological polar surface area (TPSA) is 134 Å². The maximum Gasteiger partial charge on any atom is 0.245 e. The van der Waals surface area contributed by atoms with Crippen LogP contribution in [0.25, 0.3) is 10.9 Å². The van der Waals surface area contributed by atoms with Gasteiger partial charge < -0.3 is 35.2 Å². The first-order chi connectivity index (χ1) is 22.3. The highest BCUT2D eigenvalue weighted by Gasteiger charge is 2.28. The number of nitrogens with zero attached hydrogens (tertiary/aromatic N) is 5. The Hall–Kier alpha value is -5.46. The van der Waals surface area contributed by atoms with Crippen LogP contribution in [0.3, 0.4) is 0 Å². The Labute approximate surface area is 265 Å². The van der Waals surface area contributed by atoms with E-state index in [4.69, 9.17) is 9.47 Å². The van der Waals surface area contributed by atoms with E-state index in [1.54, 1.807) is 42.5 Å². The lowest BCUT2D eigenvalue weighted by molar-refractivity contribution is -0.127. The van der Waals surface area contributed by atoms with E-state index >= 15 is 4.39 Å². The summed E-state index contributed by atoms with van der Waals surface area (Å²) in [5, 5.41) is 10.2. The average Bonchev–Trinajstić information content (AvgIpc) is 3.03. The van der Waals surface area contributed by atoms with Crippen LogP contribution in [-0.2, 0) is 9.59 Å². The van der Waals surface area contributed by atoms with Crippen LogP contribution in [0, 0.1) is 5.82 Å². The normalized spacial score (nSPS) is 15.2. The van der Waals surface area contributed by atoms with Gasteiger partial charge in [-0.15, -0.1) is 0 Å². The van der Waals surface area contributed by atoms with Crippen LogP contribution in [0.4, 0.5) is 27.4 Å². The van der Waals surface area contributed by atoms with Gasteiger partial charge in [-0.2, -0.15) is 0 Å². The van der Waals surface area contributed by atoms with Gasteiger partial charge in [-0.25, -0.2) is 19.3 Å². The first-order valence-corrected chi connectivity index (χ1v) is 15.0. The summed E-state index contributed by atoms with van der Waals surface area (Å²) in [6.45, 7) is 7.66. The van der Waals surface area contributed by atoms with E-state index in [1.165, 1.54) is 25.4 Å². The SMILES string of the molecule is C=CC(=O)N1CCC(Nc2cc3c(Nc4ccc(Oc5ccnc(N6CC(NC(C)=O)C6)c5)cc4F)ncnc3cc2OC)CC1. The Kier molecular flexibility index (Phi) is 8.81. The molecule has 0 atom stereocenters. The molecule has 0 saturated carbocycles. The van der Waals surface area contributed by atoms with Crippen molar-refractivity contribution in [3.05, 3.63) is 73.5 Å². The summed E-state index contributed by atoms with van der Waals surface area (Å²) in [6.07, 6.45) is 5.93. The number of piperidine rings is 1. The summed E-state index contributed by atoms with van der Waals surface area (Å²) >= 11 is 0. The molecule has 4 aromatic rings. The number of carbonyl (C=O) groups excluding carboxylic acids is 2. The molecule has 2 aliphatic rings. The fourth-order valence-electron chi connectivity index (χ4n) is 5.66. The fourth-order valence-corrected chi connectivity index (χ4v) is 5.66. The Morgan fingerprint density at radius 1 is 1.00 bits per heavy atom. The number of anilines is 4. The summed E-state index contributed by atoms with van der Waals surface area (Å²) in [6, 6.07) is 12.0. The second kappa shape index (κ2) is 13.3. The van der Waals surface area contributed by atoms with Crippen LogP contribution < -0.4 is 30.3 Å². The zero-order valence-electron chi connectivity index (χ0n) is 25.6. The van der Waals surface area contributed by atoms with Crippen molar-refractivity contribution >= 4 is 45.7 Å². The summed E-state index contributed by atoms with van der Waals surface area (Å²) in [4.78, 5) is 40.2. The van der Waals surface area contributed by atoms with E-state index < -0.39 is 5.82 Å². The van der Waals surface area contributed by atoms with Gasteiger partial charge in [-0.05, 0) is 43.2 Å². The smallest absolute Gasteiger partial charge is 0.245 e. The molecule has 4 heterocycles. The van der Waals surface area contributed by atoms with Crippen LogP contribution in [0.15, 0.2) is 67.6 Å². The minimum atomic E-state index is -0.521. The second-order valence-electron chi connectivity index (χ2n) is 11.3. The summed E-state index contributed by atoms with van der Waals surface area (Å²) < 4.78 is 27.0. The van der Waals surface area contributed by atoms with Crippen molar-refractivity contribution in [2.45, 2.75) is 31.8 Å². The first-order valence-electron chi connectivity index (χ1n) is 15.0. The fraction of sp³-hybridized carbons (Fsp3) is 0.303. The largest absolute Gasteiger partial charge is 0.495 e. The van der Waals surface area contributed by atoms with Crippen LogP contribution in [0.2, 0.25) is 0 Å². The molecule has 0 bridgehead atoms. The third-order valence-corrected chi connectivity index (χ3v) is 8.06. The van der Waals surface area contributed by atoms with Crippen molar-refractivity contribution < 1.29 is 23.5 Å². The number of methoxy groups -OCH3 is 1. The lowest BCUT2D eigenvalue weighted by Gasteiger charge is -2.40. The minimum absolute atomic E-state index is 0.0590. The van der Waals surface area contributed by atoms with E-state index in [0.717, 1.165) is 18.5 Å². The maximum absolute atomic E-state index is 15.4. The monoisotopic (exact) mass is 626 g/mol. The number of aromatic nitrogens is 3. The summed E-state index contributed by atoms with van der Waals surface area (Å²) in [5.41, 5.74) is 1.61. The van der Waals surface area contributed by atoms with Gasteiger partial charge in [0.1, 0.15) is 41.0 Å². The van der Waals surface area contributed by atoms with Gasteiger partial charge in [0.2, 0.25) is 11.8 Å². The molecule has 2 amide bonds. The van der Waals surface area contributed by atoms with Gasteiger partial charge in [-0.3, -0.25) is 9.59 Å². The molecule has 0 radical (unpaired) electrons. The van der Waals surface area contributed by atoms with Crippen molar-refractivity contribution in [1.29, 1.82) is 0 Å². The second-order valence-corrected chi connectivity index (χ2v) is 11.3. The maximum atomic E-state index is 15.4. The highest BCUT2D eigenvalue weighted by Crippen LogP contribution is 2.35. The molecule has 2 aromatic carbocycles. The lowest BCUT2D eigenvalue weighted by Crippen LogP contribution is -2.59. The van der Waals surface area contributed by atoms with Gasteiger partial charge in [0.05, 0.1) is 30.0 Å². The number of benzene rings is 2. The van der Waals surface area contributed by atoms with Crippen molar-refractivity contribution in [3.63, 3.8) is 0 Å². The number of amides is 2. The molecule has 0 aliphatic carbocycles. The molecule has 13 heteroatoms. The van der Waals surface area contributed by atoms with E-state index in [2.05, 4.69) is 37.5 Å². The molecule has 2 fully saturated rings. The molecule has 3 N–H and O–H groups in total. The highest BCUT2D eigenvalue weighted by molar-refractivity contribution is 5.95. The molecule has 0 spiro atoms. The van der Waals surface area contributed by atoms with Gasteiger partial charge in [-0.1, -0.05) is 6.58 Å². The van der Waals surface area contributed by atoms with Gasteiger partial charge >= 0.3 is 0 Å². The van der Waals surface area contributed by atoms with E-state index in [9.17, 15) is 9.59 Å². The number of fused-ring (bicyclic) bond motifs is 1. The zero-order chi connectivity index (χ0) is 32.2. The van der Waals surface area contributed by atoms with Gasteiger partial charge in [0.25, 0.3) is 0 Å². The van der Waals surface area contributed by atoms with Crippen molar-refractivity contribution in [2.75, 3.05) is 48.8 Å². The van der Waals surface area contributed by atoms with Crippen LogP contribution >= 0.6 is 0 Å². The predicted molar refractivity (Wildman–Crippen MR) is 173 cm³/mol. The molecule has 2 saturated heterocycles. The number of likely N-dealkylation sites (tertiary alicyclic amines) is 1. The third-order valence-electron chi connectivity index (χ3n) is 8.06. The Balaban J connectivity index is 1.15. The third kappa shape index (κ3) is 6.77. The first kappa shape index (κ1) is 30.6. The summed E-state index contributed by atoms with van der Waals surface area (Å²) in [7, 11) is 1.60. The molecule has 2 aliphatic heterocycles. The minimum Gasteiger partial charge on any atom is -0.495 e. The number of hydrogen-bond donors (Lipinski definition) is 3. The van der Waals surface area contributed by atoms with Crippen molar-refractivity contribution in [1.82, 2.24) is 25.2 Å². The highest BCUT2D eigenvalue weighted by atomic mass is 19.1. The lowest BCUT2D eigenvalue weighted by atomic mass is 10.0. The number of carbonyl (C=O) groups is 2. The predicted octanol–water partition coefficient (Wildman–Crippen LogP) is 4.62. The number of rotatable bonds is 10. The Morgan fingerprint density at radius 2 is 1.78 bits per heavy atom. The van der Waals surface area contributed by atoms with E-state index in [-0.39, 0.29) is 29.6 Å². The molecule has 0 unspecified atom stereocenters. The molecule has 2 aromatic heterocycles. The molecule has 12 nitrogen and oxygen atoms in total. The van der Waals surface area contributed by atoms with Crippen LogP contribution in [-0.4, -0.2) is 77.0 Å². The average molecular weight is 627 g/mol. The number of hydrogen-bond acceptors (Lipinski definition) is 10. The van der Waals surface area contributed by atoms with Gasteiger partial charge in [0, 0.05) is 68.9 Å². The Morgan fingerprint density at radius 3 is 2.50 bits per heavy atom. The van der Waals surface area contributed by atoms with E-state index in [0.29, 0.717) is 66.0 Å². The molecular weight excluding hydrogens is 591 g/mol. The summed E-state index contributed by atoms with van der Waals surface area (Å²) in [5.74, 6) is 1.96. The van der Waals surface area contributed by atoms with Crippen molar-refractivity contribution in [2.24, 2.45) is 0 Å². The Bertz CT molecular complexity index is 1770. The van der Waals surface area contributed by atoms with Gasteiger partial charge in [0.15, 0.2) is 0 Å². The van der Waals surface area contributed by atoms with E-state index in [1.807, 2.05) is 17.0 Å². The van der Waals surface area contributed by atoms with Crippen LogP contribution in [0.1, 0.15) is 19.8 Å². The van der Waals surface area contributed by atoms with Crippen LogP contribution in [0.5, 0.6) is 17.2 Å². The standard InChI is InChI=1S/C33H35FN8O4/c1-4-32(44)41-11-8-21(9-12-41)39-29-15-25-28(16-30(29)45-3)36-19-37-33(25)40-27-6-5-23(13-26(27)34)46-24-7-10-35-31(14-24)42-17-22(18-42)38-20(2)43/h4-7,10,13-16,19,21-22,39H,1,8-9,11-12,17-18H2,2-3H3,(H,38,43)(H,36,37,40). The molecular formula is C33H35FN8O4. The molecule has 238 valence electrons. The number of ether oxygens (including phenoxy) is 2. The van der Waals surface area contributed by atoms with Crippen molar-refractivity contribution in [3.8, 4) is 17.2 Å².